The van der Waals surface area contributed by atoms with E-state index >= 15 is 0 Å². The van der Waals surface area contributed by atoms with E-state index < -0.39 is 6.10 Å². The molecule has 0 spiro atoms. The van der Waals surface area contributed by atoms with Crippen molar-refractivity contribution in [1.82, 2.24) is 15.6 Å². The van der Waals surface area contributed by atoms with Crippen LogP contribution in [0, 0.1) is 20.8 Å². The molecule has 6 nitrogen and oxygen atoms in total. The first-order valence-electron chi connectivity index (χ1n) is 8.18. The molecular weight excluding hydrogens is 318 g/mol. The number of carbonyl (C=O) groups excluding carboxylic acids is 1. The van der Waals surface area contributed by atoms with E-state index in [2.05, 4.69) is 15.6 Å². The molecular formula is C19H25N3O3. The van der Waals surface area contributed by atoms with Gasteiger partial charge in [-0.1, -0.05) is 24.3 Å². The minimum absolute atomic E-state index is 0.139. The summed E-state index contributed by atoms with van der Waals surface area (Å²) in [5, 5.41) is 15.6. The summed E-state index contributed by atoms with van der Waals surface area (Å²) in [7, 11) is 1.62. The molecule has 2 amide bonds. The predicted molar refractivity (Wildman–Crippen MR) is 96.6 cm³/mol. The van der Waals surface area contributed by atoms with Gasteiger partial charge in [-0.3, -0.25) is 4.98 Å². The number of nitrogens with one attached hydrogen (secondary N) is 2. The number of nitrogens with zero attached hydrogens (tertiary/aromatic N) is 1. The number of benzene rings is 1. The topological polar surface area (TPSA) is 83.5 Å². The highest BCUT2D eigenvalue weighted by molar-refractivity contribution is 5.73. The molecule has 1 aromatic carbocycles. The van der Waals surface area contributed by atoms with Crippen molar-refractivity contribution in [2.24, 2.45) is 0 Å². The number of pyridine rings is 1. The largest absolute Gasteiger partial charge is 0.496 e. The van der Waals surface area contributed by atoms with Gasteiger partial charge in [0.2, 0.25) is 0 Å². The molecule has 0 aliphatic rings. The van der Waals surface area contributed by atoms with E-state index in [1.807, 2.05) is 45.0 Å². The molecule has 0 fully saturated rings. The van der Waals surface area contributed by atoms with Crippen LogP contribution >= 0.6 is 0 Å². The highest BCUT2D eigenvalue weighted by Gasteiger charge is 2.13. The molecule has 3 N–H and O–H groups in total. The lowest BCUT2D eigenvalue weighted by atomic mass is 10.0. The number of ether oxygens (including phenoxy) is 1. The van der Waals surface area contributed by atoms with Crippen molar-refractivity contribution in [3.05, 3.63) is 58.4 Å². The van der Waals surface area contributed by atoms with Crippen LogP contribution in [0.5, 0.6) is 5.75 Å². The van der Waals surface area contributed by atoms with Crippen molar-refractivity contribution in [3.8, 4) is 5.75 Å². The highest BCUT2D eigenvalue weighted by Crippen LogP contribution is 2.23. The number of carbonyl (C=O) groups is 1. The zero-order valence-corrected chi connectivity index (χ0v) is 15.1. The van der Waals surface area contributed by atoms with E-state index in [0.29, 0.717) is 0 Å². The molecule has 0 aliphatic carbocycles. The van der Waals surface area contributed by atoms with Gasteiger partial charge in [0.25, 0.3) is 0 Å². The second-order valence-corrected chi connectivity index (χ2v) is 5.98. The summed E-state index contributed by atoms with van der Waals surface area (Å²) in [6.45, 7) is 6.19. The predicted octanol–water partition coefficient (Wildman–Crippen LogP) is 2.55. The normalized spacial score (nSPS) is 11.7. The number of aromatic nitrogens is 1. The fourth-order valence-corrected chi connectivity index (χ4v) is 2.74. The number of rotatable bonds is 6. The van der Waals surface area contributed by atoms with Crippen LogP contribution in [0.15, 0.2) is 30.5 Å². The first kappa shape index (κ1) is 18.7. The number of aryl methyl sites for hydroxylation is 2. The van der Waals surface area contributed by atoms with Crippen LogP contribution in [0.4, 0.5) is 4.79 Å². The van der Waals surface area contributed by atoms with Crippen LogP contribution in [-0.2, 0) is 6.54 Å². The fraction of sp³-hybridized carbons (Fsp3) is 0.368. The van der Waals surface area contributed by atoms with Gasteiger partial charge in [0.1, 0.15) is 5.75 Å². The van der Waals surface area contributed by atoms with Crippen molar-refractivity contribution in [2.45, 2.75) is 33.4 Å². The Balaban J connectivity index is 1.88. The lowest BCUT2D eigenvalue weighted by Gasteiger charge is -2.16. The summed E-state index contributed by atoms with van der Waals surface area (Å²) in [5.41, 5.74) is 4.40. The third kappa shape index (κ3) is 4.70. The molecule has 1 heterocycles. The van der Waals surface area contributed by atoms with Crippen LogP contribution in [0.25, 0.3) is 0 Å². The van der Waals surface area contributed by atoms with Gasteiger partial charge in [-0.15, -0.1) is 0 Å². The van der Waals surface area contributed by atoms with Gasteiger partial charge in [0.15, 0.2) is 0 Å². The number of aliphatic hydroxyl groups is 1. The number of urea groups is 1. The van der Waals surface area contributed by atoms with Crippen molar-refractivity contribution in [2.75, 3.05) is 13.7 Å². The summed E-state index contributed by atoms with van der Waals surface area (Å²) < 4.78 is 5.36. The summed E-state index contributed by atoms with van der Waals surface area (Å²) in [6, 6.07) is 7.21. The van der Waals surface area contributed by atoms with Gasteiger partial charge in [-0.25, -0.2) is 4.79 Å². The molecule has 6 heteroatoms. The Morgan fingerprint density at radius 1 is 1.20 bits per heavy atom. The Morgan fingerprint density at radius 2 is 1.92 bits per heavy atom. The summed E-state index contributed by atoms with van der Waals surface area (Å²) in [4.78, 5) is 16.3. The molecule has 0 unspecified atom stereocenters. The van der Waals surface area contributed by atoms with Gasteiger partial charge in [0, 0.05) is 23.9 Å². The quantitative estimate of drug-likeness (QED) is 0.753. The zero-order valence-electron chi connectivity index (χ0n) is 15.1. The van der Waals surface area contributed by atoms with E-state index in [4.69, 9.17) is 4.74 Å². The first-order valence-corrected chi connectivity index (χ1v) is 8.18. The van der Waals surface area contributed by atoms with Gasteiger partial charge < -0.3 is 20.5 Å². The molecule has 2 rings (SSSR count). The maximum absolute atomic E-state index is 12.0. The monoisotopic (exact) mass is 343 g/mol. The van der Waals surface area contributed by atoms with Crippen LogP contribution in [0.1, 0.15) is 34.1 Å². The molecule has 2 aromatic rings. The van der Waals surface area contributed by atoms with E-state index in [1.54, 1.807) is 13.3 Å². The van der Waals surface area contributed by atoms with Crippen LogP contribution in [0.3, 0.4) is 0 Å². The van der Waals surface area contributed by atoms with Crippen molar-refractivity contribution < 1.29 is 14.6 Å². The Hall–Kier alpha value is -2.60. The number of hydrogen-bond acceptors (Lipinski definition) is 4. The molecule has 0 aliphatic heterocycles. The zero-order chi connectivity index (χ0) is 18.4. The molecule has 134 valence electrons. The Labute approximate surface area is 148 Å². The highest BCUT2D eigenvalue weighted by atomic mass is 16.5. The Kier molecular flexibility index (Phi) is 6.36. The number of amides is 2. The van der Waals surface area contributed by atoms with Crippen molar-refractivity contribution >= 4 is 6.03 Å². The first-order chi connectivity index (χ1) is 11.9. The van der Waals surface area contributed by atoms with Crippen molar-refractivity contribution in [1.29, 1.82) is 0 Å². The van der Waals surface area contributed by atoms with E-state index in [9.17, 15) is 9.90 Å². The fourth-order valence-electron chi connectivity index (χ4n) is 2.74. The van der Waals surface area contributed by atoms with E-state index in [0.717, 1.165) is 33.7 Å². The average Bonchev–Trinajstić information content (AvgIpc) is 2.60. The molecule has 0 saturated carbocycles. The second kappa shape index (κ2) is 8.48. The minimum atomic E-state index is -0.744. The smallest absolute Gasteiger partial charge is 0.315 e. The van der Waals surface area contributed by atoms with Crippen LogP contribution in [0.2, 0.25) is 0 Å². The van der Waals surface area contributed by atoms with Gasteiger partial charge in [-0.2, -0.15) is 0 Å². The Bertz CT molecular complexity index is 747. The lowest BCUT2D eigenvalue weighted by molar-refractivity contribution is 0.172. The lowest BCUT2D eigenvalue weighted by Crippen LogP contribution is -2.37. The van der Waals surface area contributed by atoms with Gasteiger partial charge >= 0.3 is 6.03 Å². The molecule has 25 heavy (non-hydrogen) atoms. The second-order valence-electron chi connectivity index (χ2n) is 5.98. The molecule has 0 bridgehead atoms. The Morgan fingerprint density at radius 3 is 2.60 bits per heavy atom. The van der Waals surface area contributed by atoms with E-state index in [-0.39, 0.29) is 19.1 Å². The maximum Gasteiger partial charge on any atom is 0.315 e. The van der Waals surface area contributed by atoms with Gasteiger partial charge in [-0.05, 0) is 31.9 Å². The van der Waals surface area contributed by atoms with E-state index in [1.165, 1.54) is 0 Å². The number of hydrogen-bond donors (Lipinski definition) is 3. The summed E-state index contributed by atoms with van der Waals surface area (Å²) >= 11 is 0. The van der Waals surface area contributed by atoms with Crippen LogP contribution < -0.4 is 15.4 Å². The molecule has 0 radical (unpaired) electrons. The standard InChI is InChI=1S/C19H25N3O3/c1-12-7-5-6-8-15(12)17(23)11-22-19(24)21-10-16-14(3)18(25-4)13(2)9-20-16/h5-9,17,23H,10-11H2,1-4H3,(H2,21,22,24)/t17-/m1/s1. The minimum Gasteiger partial charge on any atom is -0.496 e. The summed E-state index contributed by atoms with van der Waals surface area (Å²) in [6.07, 6.45) is 0.981. The van der Waals surface area contributed by atoms with Crippen molar-refractivity contribution in [3.63, 3.8) is 0 Å². The van der Waals surface area contributed by atoms with Gasteiger partial charge in [0.05, 0.1) is 25.5 Å². The van der Waals surface area contributed by atoms with Crippen LogP contribution in [-0.4, -0.2) is 29.8 Å². The third-order valence-corrected chi connectivity index (χ3v) is 4.17. The SMILES string of the molecule is COc1c(C)cnc(CNC(=O)NC[C@@H](O)c2ccccc2C)c1C. The average molecular weight is 343 g/mol. The molecule has 1 aromatic heterocycles. The number of methoxy groups -OCH3 is 1. The third-order valence-electron chi connectivity index (χ3n) is 4.17. The maximum atomic E-state index is 12.0. The molecule has 0 saturated heterocycles. The summed E-state index contributed by atoms with van der Waals surface area (Å²) in [5.74, 6) is 0.780. The number of aliphatic hydroxyl groups excluding tert-OH is 1. The molecule has 1 atom stereocenters.